The fourth-order valence-corrected chi connectivity index (χ4v) is 2.48. The molecule has 0 atom stereocenters. The standard InChI is InChI=1S/C18H16ClN3O3/c1-2-24-18(23)17-16(20-22-21-17)14-10-13(19)8-9-15(14)25-11-12-6-4-3-5-7-12/h3-10H,2,11H2,1H3,(H,20,21,22). The Balaban J connectivity index is 1.92. The van der Waals surface area contributed by atoms with Crippen LogP contribution in [0.3, 0.4) is 0 Å². The van der Waals surface area contributed by atoms with Gasteiger partial charge < -0.3 is 9.47 Å². The maximum atomic E-state index is 12.1. The lowest BCUT2D eigenvalue weighted by molar-refractivity contribution is 0.0520. The van der Waals surface area contributed by atoms with Gasteiger partial charge >= 0.3 is 5.97 Å². The van der Waals surface area contributed by atoms with Crippen LogP contribution in [0.25, 0.3) is 11.3 Å². The van der Waals surface area contributed by atoms with Crippen molar-refractivity contribution in [3.63, 3.8) is 0 Å². The highest BCUT2D eigenvalue weighted by molar-refractivity contribution is 6.31. The quantitative estimate of drug-likeness (QED) is 0.677. The number of hydrogen-bond acceptors (Lipinski definition) is 5. The third-order valence-corrected chi connectivity index (χ3v) is 3.69. The molecule has 0 aliphatic rings. The fourth-order valence-electron chi connectivity index (χ4n) is 2.31. The molecule has 0 aliphatic heterocycles. The van der Waals surface area contributed by atoms with E-state index in [0.29, 0.717) is 28.6 Å². The van der Waals surface area contributed by atoms with E-state index >= 15 is 0 Å². The molecule has 0 saturated heterocycles. The van der Waals surface area contributed by atoms with Gasteiger partial charge in [-0.25, -0.2) is 4.79 Å². The fraction of sp³-hybridized carbons (Fsp3) is 0.167. The summed E-state index contributed by atoms with van der Waals surface area (Å²) in [5.74, 6) is -0.00654. The van der Waals surface area contributed by atoms with Crippen LogP contribution in [-0.2, 0) is 11.3 Å². The van der Waals surface area contributed by atoms with Gasteiger partial charge in [-0.1, -0.05) is 41.9 Å². The second-order valence-electron chi connectivity index (χ2n) is 5.16. The second-order valence-corrected chi connectivity index (χ2v) is 5.59. The van der Waals surface area contributed by atoms with E-state index < -0.39 is 5.97 Å². The van der Waals surface area contributed by atoms with E-state index in [4.69, 9.17) is 21.1 Å². The molecule has 0 radical (unpaired) electrons. The number of halogens is 1. The summed E-state index contributed by atoms with van der Waals surface area (Å²) in [6.07, 6.45) is 0. The van der Waals surface area contributed by atoms with Gasteiger partial charge in [-0.3, -0.25) is 0 Å². The number of rotatable bonds is 6. The SMILES string of the molecule is CCOC(=O)c1n[nH]nc1-c1cc(Cl)ccc1OCc1ccccc1. The molecular weight excluding hydrogens is 342 g/mol. The Labute approximate surface area is 149 Å². The molecule has 128 valence electrons. The zero-order valence-corrected chi connectivity index (χ0v) is 14.3. The van der Waals surface area contributed by atoms with E-state index in [1.54, 1.807) is 25.1 Å². The summed E-state index contributed by atoms with van der Waals surface area (Å²) in [5, 5.41) is 10.9. The number of esters is 1. The number of aromatic nitrogens is 3. The smallest absolute Gasteiger partial charge is 0.361 e. The van der Waals surface area contributed by atoms with E-state index in [0.717, 1.165) is 5.56 Å². The normalized spacial score (nSPS) is 10.5. The van der Waals surface area contributed by atoms with Crippen LogP contribution >= 0.6 is 11.6 Å². The third kappa shape index (κ3) is 3.97. The maximum absolute atomic E-state index is 12.1. The van der Waals surface area contributed by atoms with Crippen LogP contribution in [-0.4, -0.2) is 28.0 Å². The van der Waals surface area contributed by atoms with Crippen molar-refractivity contribution in [2.24, 2.45) is 0 Å². The van der Waals surface area contributed by atoms with Crippen molar-refractivity contribution in [2.45, 2.75) is 13.5 Å². The van der Waals surface area contributed by atoms with Gasteiger partial charge in [0.2, 0.25) is 0 Å². The van der Waals surface area contributed by atoms with E-state index in [9.17, 15) is 4.79 Å². The van der Waals surface area contributed by atoms with Crippen molar-refractivity contribution in [2.75, 3.05) is 6.61 Å². The summed E-state index contributed by atoms with van der Waals surface area (Å²) in [7, 11) is 0. The van der Waals surface area contributed by atoms with E-state index in [1.807, 2.05) is 30.3 Å². The average molecular weight is 358 g/mol. The summed E-state index contributed by atoms with van der Waals surface area (Å²) in [6, 6.07) is 14.9. The average Bonchev–Trinajstić information content (AvgIpc) is 3.11. The molecule has 0 unspecified atom stereocenters. The Bertz CT molecular complexity index is 865. The highest BCUT2D eigenvalue weighted by atomic mass is 35.5. The molecule has 0 aliphatic carbocycles. The van der Waals surface area contributed by atoms with Crippen molar-refractivity contribution in [3.8, 4) is 17.0 Å². The number of H-pyrrole nitrogens is 1. The van der Waals surface area contributed by atoms with Gasteiger partial charge in [-0.05, 0) is 30.7 Å². The van der Waals surface area contributed by atoms with Crippen molar-refractivity contribution in [1.29, 1.82) is 0 Å². The minimum Gasteiger partial charge on any atom is -0.488 e. The first kappa shape index (κ1) is 17.0. The van der Waals surface area contributed by atoms with Gasteiger partial charge in [0.1, 0.15) is 18.1 Å². The van der Waals surface area contributed by atoms with Crippen LogP contribution in [0.4, 0.5) is 0 Å². The molecule has 0 fully saturated rings. The Hall–Kier alpha value is -2.86. The van der Waals surface area contributed by atoms with E-state index in [1.165, 1.54) is 0 Å². The topological polar surface area (TPSA) is 77.1 Å². The molecule has 25 heavy (non-hydrogen) atoms. The van der Waals surface area contributed by atoms with E-state index in [2.05, 4.69) is 15.4 Å². The molecule has 3 aromatic rings. The second kappa shape index (κ2) is 7.81. The number of benzene rings is 2. The zero-order chi connectivity index (χ0) is 17.6. The number of aromatic amines is 1. The van der Waals surface area contributed by atoms with Crippen LogP contribution in [0.1, 0.15) is 23.0 Å². The van der Waals surface area contributed by atoms with Gasteiger partial charge in [0.15, 0.2) is 5.69 Å². The summed E-state index contributed by atoms with van der Waals surface area (Å²) in [4.78, 5) is 12.1. The van der Waals surface area contributed by atoms with Crippen LogP contribution < -0.4 is 4.74 Å². The zero-order valence-electron chi connectivity index (χ0n) is 13.5. The number of ether oxygens (including phenoxy) is 2. The number of nitrogens with one attached hydrogen (secondary N) is 1. The first-order valence-corrected chi connectivity index (χ1v) is 8.11. The Morgan fingerprint density at radius 3 is 2.72 bits per heavy atom. The summed E-state index contributed by atoms with van der Waals surface area (Å²) >= 11 is 6.11. The molecule has 1 N–H and O–H groups in total. The number of nitrogens with zero attached hydrogens (tertiary/aromatic N) is 2. The molecule has 0 bridgehead atoms. The summed E-state index contributed by atoms with van der Waals surface area (Å²) in [5.41, 5.74) is 2.02. The first-order valence-electron chi connectivity index (χ1n) is 7.73. The third-order valence-electron chi connectivity index (χ3n) is 3.45. The monoisotopic (exact) mass is 357 g/mol. The van der Waals surface area contributed by atoms with Gasteiger partial charge in [-0.15, -0.1) is 5.10 Å². The Morgan fingerprint density at radius 2 is 1.96 bits per heavy atom. The molecule has 1 aromatic heterocycles. The van der Waals surface area contributed by atoms with Gasteiger partial charge in [0.25, 0.3) is 0 Å². The number of hydrogen-bond donors (Lipinski definition) is 1. The molecular formula is C18H16ClN3O3. The predicted molar refractivity (Wildman–Crippen MR) is 93.6 cm³/mol. The molecule has 1 heterocycles. The van der Waals surface area contributed by atoms with Gasteiger partial charge in [0.05, 0.1) is 6.61 Å². The molecule has 7 heteroatoms. The summed E-state index contributed by atoms with van der Waals surface area (Å²) < 4.78 is 10.9. The minimum absolute atomic E-state index is 0.0914. The predicted octanol–water partition coefficient (Wildman–Crippen LogP) is 3.88. The lowest BCUT2D eigenvalue weighted by atomic mass is 10.1. The lowest BCUT2D eigenvalue weighted by Crippen LogP contribution is -2.07. The van der Waals surface area contributed by atoms with Crippen LogP contribution in [0.5, 0.6) is 5.75 Å². The minimum atomic E-state index is -0.555. The highest BCUT2D eigenvalue weighted by Gasteiger charge is 2.22. The highest BCUT2D eigenvalue weighted by Crippen LogP contribution is 2.33. The van der Waals surface area contributed by atoms with Crippen LogP contribution in [0.2, 0.25) is 5.02 Å². The molecule has 0 spiro atoms. The van der Waals surface area contributed by atoms with Crippen molar-refractivity contribution < 1.29 is 14.3 Å². The van der Waals surface area contributed by atoms with E-state index in [-0.39, 0.29) is 12.3 Å². The molecule has 0 amide bonds. The van der Waals surface area contributed by atoms with Gasteiger partial charge in [-0.2, -0.15) is 10.3 Å². The largest absolute Gasteiger partial charge is 0.488 e. The van der Waals surface area contributed by atoms with Crippen LogP contribution in [0, 0.1) is 0 Å². The Kier molecular flexibility index (Phi) is 5.30. The summed E-state index contributed by atoms with van der Waals surface area (Å²) in [6.45, 7) is 2.35. The van der Waals surface area contributed by atoms with Crippen LogP contribution in [0.15, 0.2) is 48.5 Å². The molecule has 3 rings (SSSR count). The molecule has 6 nitrogen and oxygen atoms in total. The first-order chi connectivity index (χ1) is 12.2. The molecule has 0 saturated carbocycles. The molecule has 2 aromatic carbocycles. The van der Waals surface area contributed by atoms with Crippen molar-refractivity contribution in [3.05, 3.63) is 64.8 Å². The lowest BCUT2D eigenvalue weighted by Gasteiger charge is -2.11. The maximum Gasteiger partial charge on any atom is 0.361 e. The Morgan fingerprint density at radius 1 is 1.16 bits per heavy atom. The number of carbonyl (C=O) groups excluding carboxylic acids is 1. The van der Waals surface area contributed by atoms with Gasteiger partial charge in [0, 0.05) is 10.6 Å². The van der Waals surface area contributed by atoms with Crippen molar-refractivity contribution in [1.82, 2.24) is 15.4 Å². The van der Waals surface area contributed by atoms with Crippen molar-refractivity contribution >= 4 is 17.6 Å². The number of carbonyl (C=O) groups is 1.